The van der Waals surface area contributed by atoms with Crippen LogP contribution in [0.3, 0.4) is 0 Å². The summed E-state index contributed by atoms with van der Waals surface area (Å²) in [5.41, 5.74) is 2.78. The van der Waals surface area contributed by atoms with Gasteiger partial charge in [-0.1, -0.05) is 5.16 Å². The highest BCUT2D eigenvalue weighted by atomic mass is 16.5. The molecule has 1 saturated heterocycles. The fraction of sp³-hybridized carbons (Fsp3) is 0.556. The Morgan fingerprint density at radius 3 is 2.84 bits per heavy atom. The van der Waals surface area contributed by atoms with E-state index in [-0.39, 0.29) is 11.9 Å². The van der Waals surface area contributed by atoms with Crippen LogP contribution in [0.5, 0.6) is 0 Å². The minimum absolute atomic E-state index is 0.0181. The van der Waals surface area contributed by atoms with Crippen LogP contribution >= 0.6 is 0 Å². The number of aromatic nitrogens is 3. The molecule has 7 nitrogen and oxygen atoms in total. The summed E-state index contributed by atoms with van der Waals surface area (Å²) in [6.45, 7) is 4.58. The monoisotopic (exact) mass is 343 g/mol. The van der Waals surface area contributed by atoms with E-state index in [0.29, 0.717) is 12.8 Å². The Morgan fingerprint density at radius 2 is 2.16 bits per heavy atom. The quantitative estimate of drug-likeness (QED) is 0.830. The molecule has 2 aromatic heterocycles. The molecule has 2 aromatic rings. The molecule has 0 bridgehead atoms. The SMILES string of the molecule is Cc1noc(C)c1CCC(=O)N1CCC[C@@H]1c1cncc(N(C)C)n1. The maximum absolute atomic E-state index is 12.8. The van der Waals surface area contributed by atoms with Crippen LogP contribution in [0.25, 0.3) is 0 Å². The van der Waals surface area contributed by atoms with Crippen LogP contribution in [0, 0.1) is 13.8 Å². The lowest BCUT2D eigenvalue weighted by Gasteiger charge is -2.25. The second-order valence-electron chi connectivity index (χ2n) is 6.74. The standard InChI is InChI=1S/C18H25N5O2/c1-12-14(13(2)25-21-12)7-8-18(24)23-9-5-6-16(23)15-10-19-11-17(20-15)22(3)4/h10-11,16H,5-9H2,1-4H3/t16-/m1/s1. The molecule has 0 spiro atoms. The molecule has 7 heteroatoms. The van der Waals surface area contributed by atoms with Gasteiger partial charge in [0.25, 0.3) is 0 Å². The maximum atomic E-state index is 12.8. The molecule has 1 atom stereocenters. The topological polar surface area (TPSA) is 75.4 Å². The van der Waals surface area contributed by atoms with E-state index in [1.165, 1.54) is 0 Å². The highest BCUT2D eigenvalue weighted by Crippen LogP contribution is 2.32. The smallest absolute Gasteiger partial charge is 0.223 e. The Hall–Kier alpha value is -2.44. The van der Waals surface area contributed by atoms with E-state index in [1.54, 1.807) is 12.4 Å². The first-order valence-electron chi connectivity index (χ1n) is 8.68. The molecule has 0 radical (unpaired) electrons. The molecule has 0 unspecified atom stereocenters. The Balaban J connectivity index is 1.71. The summed E-state index contributed by atoms with van der Waals surface area (Å²) in [4.78, 5) is 25.6. The Bertz CT molecular complexity index is 736. The van der Waals surface area contributed by atoms with Gasteiger partial charge in [-0.15, -0.1) is 0 Å². The van der Waals surface area contributed by atoms with Gasteiger partial charge in [0, 0.05) is 32.6 Å². The third-order valence-corrected chi connectivity index (χ3v) is 4.78. The predicted octanol–water partition coefficient (Wildman–Crippen LogP) is 2.44. The third kappa shape index (κ3) is 3.65. The first-order chi connectivity index (χ1) is 12.0. The Morgan fingerprint density at radius 1 is 1.36 bits per heavy atom. The molecular weight excluding hydrogens is 318 g/mol. The van der Waals surface area contributed by atoms with E-state index in [1.807, 2.05) is 37.7 Å². The average Bonchev–Trinajstić information content (AvgIpc) is 3.20. The lowest BCUT2D eigenvalue weighted by molar-refractivity contribution is -0.132. The van der Waals surface area contributed by atoms with Gasteiger partial charge in [0.1, 0.15) is 11.6 Å². The first kappa shape index (κ1) is 17.4. The number of rotatable bonds is 5. The van der Waals surface area contributed by atoms with Crippen LogP contribution in [0.2, 0.25) is 0 Å². The van der Waals surface area contributed by atoms with Gasteiger partial charge < -0.3 is 14.3 Å². The van der Waals surface area contributed by atoms with Crippen LogP contribution in [-0.2, 0) is 11.2 Å². The summed E-state index contributed by atoms with van der Waals surface area (Å²) in [5.74, 6) is 1.76. The van der Waals surface area contributed by atoms with Crippen molar-refractivity contribution in [1.82, 2.24) is 20.0 Å². The average molecular weight is 343 g/mol. The van der Waals surface area contributed by atoms with Crippen molar-refractivity contribution in [3.63, 3.8) is 0 Å². The molecule has 1 aliphatic heterocycles. The second-order valence-corrected chi connectivity index (χ2v) is 6.74. The van der Waals surface area contributed by atoms with Crippen LogP contribution in [0.4, 0.5) is 5.82 Å². The van der Waals surface area contributed by atoms with Gasteiger partial charge in [0.15, 0.2) is 0 Å². The van der Waals surface area contributed by atoms with Crippen molar-refractivity contribution in [3.05, 3.63) is 35.1 Å². The van der Waals surface area contributed by atoms with E-state index in [4.69, 9.17) is 4.52 Å². The summed E-state index contributed by atoms with van der Waals surface area (Å²) >= 11 is 0. The lowest BCUT2D eigenvalue weighted by Crippen LogP contribution is -2.31. The van der Waals surface area contributed by atoms with Crippen molar-refractivity contribution < 1.29 is 9.32 Å². The minimum Gasteiger partial charge on any atom is -0.361 e. The van der Waals surface area contributed by atoms with Gasteiger partial charge in [-0.3, -0.25) is 9.78 Å². The van der Waals surface area contributed by atoms with Gasteiger partial charge in [0.05, 0.1) is 29.8 Å². The number of nitrogens with zero attached hydrogens (tertiary/aromatic N) is 5. The van der Waals surface area contributed by atoms with E-state index in [2.05, 4.69) is 15.1 Å². The van der Waals surface area contributed by atoms with Crippen LogP contribution in [0.15, 0.2) is 16.9 Å². The van der Waals surface area contributed by atoms with E-state index in [0.717, 1.165) is 47.9 Å². The number of aryl methyl sites for hydroxylation is 2. The lowest BCUT2D eigenvalue weighted by atomic mass is 10.1. The number of anilines is 1. The Kier molecular flexibility index (Phi) is 5.01. The summed E-state index contributed by atoms with van der Waals surface area (Å²) in [5, 5.41) is 3.96. The highest BCUT2D eigenvalue weighted by molar-refractivity contribution is 5.77. The number of amides is 1. The molecule has 1 amide bonds. The molecule has 134 valence electrons. The molecule has 3 rings (SSSR count). The maximum Gasteiger partial charge on any atom is 0.223 e. The van der Waals surface area contributed by atoms with Gasteiger partial charge in [0.2, 0.25) is 5.91 Å². The molecule has 0 aliphatic carbocycles. The van der Waals surface area contributed by atoms with Gasteiger partial charge in [-0.05, 0) is 33.1 Å². The van der Waals surface area contributed by atoms with Gasteiger partial charge in [-0.2, -0.15) is 0 Å². The number of carbonyl (C=O) groups is 1. The van der Waals surface area contributed by atoms with Crippen molar-refractivity contribution >= 4 is 11.7 Å². The van der Waals surface area contributed by atoms with Crippen LogP contribution in [0.1, 0.15) is 48.0 Å². The molecule has 0 aromatic carbocycles. The number of hydrogen-bond donors (Lipinski definition) is 0. The number of hydrogen-bond acceptors (Lipinski definition) is 6. The van der Waals surface area contributed by atoms with E-state index < -0.39 is 0 Å². The fourth-order valence-electron chi connectivity index (χ4n) is 3.35. The zero-order valence-electron chi connectivity index (χ0n) is 15.3. The van der Waals surface area contributed by atoms with Gasteiger partial charge in [-0.25, -0.2) is 4.98 Å². The first-order valence-corrected chi connectivity index (χ1v) is 8.68. The summed E-state index contributed by atoms with van der Waals surface area (Å²) in [6, 6.07) is 0.0181. The Labute approximate surface area is 148 Å². The zero-order chi connectivity index (χ0) is 18.0. The molecule has 1 fully saturated rings. The van der Waals surface area contributed by atoms with Crippen molar-refractivity contribution in [1.29, 1.82) is 0 Å². The summed E-state index contributed by atoms with van der Waals surface area (Å²) < 4.78 is 5.18. The summed E-state index contributed by atoms with van der Waals surface area (Å²) in [7, 11) is 3.88. The van der Waals surface area contributed by atoms with Crippen molar-refractivity contribution in [2.45, 2.75) is 45.6 Å². The van der Waals surface area contributed by atoms with Crippen molar-refractivity contribution in [2.24, 2.45) is 0 Å². The summed E-state index contributed by atoms with van der Waals surface area (Å²) in [6.07, 6.45) is 6.56. The van der Waals surface area contributed by atoms with Crippen molar-refractivity contribution in [3.8, 4) is 0 Å². The van der Waals surface area contributed by atoms with E-state index >= 15 is 0 Å². The second kappa shape index (κ2) is 7.21. The molecule has 3 heterocycles. The molecule has 0 N–H and O–H groups in total. The number of carbonyl (C=O) groups excluding carboxylic acids is 1. The molecule has 1 aliphatic rings. The van der Waals surface area contributed by atoms with Crippen molar-refractivity contribution in [2.75, 3.05) is 25.5 Å². The largest absolute Gasteiger partial charge is 0.361 e. The molecular formula is C18H25N5O2. The predicted molar refractivity (Wildman–Crippen MR) is 94.3 cm³/mol. The van der Waals surface area contributed by atoms with Crippen LogP contribution < -0.4 is 4.90 Å². The third-order valence-electron chi connectivity index (χ3n) is 4.78. The minimum atomic E-state index is 0.0181. The molecule has 0 saturated carbocycles. The highest BCUT2D eigenvalue weighted by Gasteiger charge is 2.31. The zero-order valence-corrected chi connectivity index (χ0v) is 15.3. The molecule has 25 heavy (non-hydrogen) atoms. The normalized spacial score (nSPS) is 17.1. The number of likely N-dealkylation sites (tertiary alicyclic amines) is 1. The van der Waals surface area contributed by atoms with Gasteiger partial charge >= 0.3 is 0 Å². The fourth-order valence-corrected chi connectivity index (χ4v) is 3.35. The van der Waals surface area contributed by atoms with Crippen LogP contribution in [-0.4, -0.2) is 46.6 Å². The van der Waals surface area contributed by atoms with E-state index in [9.17, 15) is 4.79 Å².